The van der Waals surface area contributed by atoms with Gasteiger partial charge in [0.15, 0.2) is 0 Å². The van der Waals surface area contributed by atoms with E-state index in [9.17, 15) is 4.79 Å². The summed E-state index contributed by atoms with van der Waals surface area (Å²) in [5.74, 6) is -0.0378. The number of rotatable bonds is 4. The van der Waals surface area contributed by atoms with Crippen LogP contribution in [0.1, 0.15) is 41.3 Å². The number of hydrogen-bond acceptors (Lipinski definition) is 4. The van der Waals surface area contributed by atoms with E-state index in [1.165, 1.54) is 0 Å². The largest absolute Gasteiger partial charge is 0.287 e. The second-order valence-corrected chi connectivity index (χ2v) is 4.06. The molecule has 0 atom stereocenters. The zero-order valence-electron chi connectivity index (χ0n) is 10.8. The molecule has 0 unspecified atom stereocenters. The molecule has 2 rings (SSSR count). The van der Waals surface area contributed by atoms with Gasteiger partial charge in [-0.15, -0.1) is 0 Å². The Bertz CT molecular complexity index is 574. The van der Waals surface area contributed by atoms with Crippen molar-refractivity contribution in [2.24, 2.45) is 0 Å². The molecular weight excluding hydrogens is 228 g/mol. The first kappa shape index (κ1) is 12.4. The van der Waals surface area contributed by atoms with E-state index in [4.69, 9.17) is 0 Å². The first-order chi connectivity index (χ1) is 8.67. The number of aryl methyl sites for hydroxylation is 3. The van der Waals surface area contributed by atoms with Crippen LogP contribution >= 0.6 is 0 Å². The second-order valence-electron chi connectivity index (χ2n) is 4.06. The minimum absolute atomic E-state index is 0.0378. The standard InChI is InChI=1S/C13H16N4O/c1-4-11-10(8-9(3)15-16-11)13(18)12-6-7-14-17(12)5-2/h6-8H,4-5H2,1-3H3. The maximum Gasteiger partial charge on any atom is 0.212 e. The van der Waals surface area contributed by atoms with E-state index in [1.54, 1.807) is 23.0 Å². The van der Waals surface area contributed by atoms with Crippen molar-refractivity contribution in [3.8, 4) is 0 Å². The Kier molecular flexibility index (Phi) is 3.50. The lowest BCUT2D eigenvalue weighted by Gasteiger charge is -2.07. The zero-order valence-corrected chi connectivity index (χ0v) is 10.8. The maximum atomic E-state index is 12.5. The van der Waals surface area contributed by atoms with Gasteiger partial charge in [-0.05, 0) is 32.4 Å². The van der Waals surface area contributed by atoms with Crippen molar-refractivity contribution in [3.63, 3.8) is 0 Å². The van der Waals surface area contributed by atoms with Gasteiger partial charge in [0.2, 0.25) is 5.78 Å². The molecule has 0 fully saturated rings. The predicted molar refractivity (Wildman–Crippen MR) is 67.5 cm³/mol. The molecule has 0 radical (unpaired) electrons. The molecule has 0 spiro atoms. The second kappa shape index (κ2) is 5.08. The fraction of sp³-hybridized carbons (Fsp3) is 0.385. The van der Waals surface area contributed by atoms with Gasteiger partial charge in [-0.2, -0.15) is 15.3 Å². The van der Waals surface area contributed by atoms with Gasteiger partial charge in [-0.1, -0.05) is 6.92 Å². The molecule has 0 saturated heterocycles. The Labute approximate surface area is 106 Å². The summed E-state index contributed by atoms with van der Waals surface area (Å²) in [6, 6.07) is 3.53. The van der Waals surface area contributed by atoms with Gasteiger partial charge in [0.25, 0.3) is 0 Å². The summed E-state index contributed by atoms with van der Waals surface area (Å²) in [6.45, 7) is 6.43. The molecule has 94 valence electrons. The summed E-state index contributed by atoms with van der Waals surface area (Å²) in [4.78, 5) is 12.5. The number of carbonyl (C=O) groups is 1. The maximum absolute atomic E-state index is 12.5. The molecule has 2 heterocycles. The lowest BCUT2D eigenvalue weighted by molar-refractivity contribution is 0.102. The van der Waals surface area contributed by atoms with Crippen LogP contribution in [0.25, 0.3) is 0 Å². The van der Waals surface area contributed by atoms with E-state index in [0.717, 1.165) is 11.4 Å². The monoisotopic (exact) mass is 244 g/mol. The first-order valence-electron chi connectivity index (χ1n) is 6.07. The topological polar surface area (TPSA) is 60.7 Å². The molecule has 2 aromatic rings. The Balaban J connectivity index is 2.48. The third-order valence-corrected chi connectivity index (χ3v) is 2.82. The normalized spacial score (nSPS) is 10.6. The highest BCUT2D eigenvalue weighted by Gasteiger charge is 2.18. The summed E-state index contributed by atoms with van der Waals surface area (Å²) < 4.78 is 1.69. The number of hydrogen-bond donors (Lipinski definition) is 0. The molecule has 0 amide bonds. The summed E-state index contributed by atoms with van der Waals surface area (Å²) in [5, 5.41) is 12.2. The highest BCUT2D eigenvalue weighted by molar-refractivity contribution is 6.08. The minimum atomic E-state index is -0.0378. The SMILES string of the molecule is CCc1nnc(C)cc1C(=O)c1ccnn1CC. The average Bonchev–Trinajstić information content (AvgIpc) is 2.86. The van der Waals surface area contributed by atoms with Crippen LogP contribution in [0.15, 0.2) is 18.3 Å². The van der Waals surface area contributed by atoms with E-state index in [0.29, 0.717) is 24.2 Å². The minimum Gasteiger partial charge on any atom is -0.287 e. The summed E-state index contributed by atoms with van der Waals surface area (Å²) in [6.07, 6.45) is 2.33. The summed E-state index contributed by atoms with van der Waals surface area (Å²) in [7, 11) is 0. The molecule has 0 N–H and O–H groups in total. The predicted octanol–water partition coefficient (Wildman–Crippen LogP) is 1.79. The van der Waals surface area contributed by atoms with E-state index >= 15 is 0 Å². The third-order valence-electron chi connectivity index (χ3n) is 2.82. The van der Waals surface area contributed by atoms with E-state index in [2.05, 4.69) is 15.3 Å². The summed E-state index contributed by atoms with van der Waals surface area (Å²) in [5.41, 5.74) is 2.70. The molecule has 2 aromatic heterocycles. The van der Waals surface area contributed by atoms with Crippen LogP contribution in [0.4, 0.5) is 0 Å². The van der Waals surface area contributed by atoms with E-state index < -0.39 is 0 Å². The van der Waals surface area contributed by atoms with Gasteiger partial charge in [0.1, 0.15) is 5.69 Å². The third kappa shape index (κ3) is 2.16. The first-order valence-corrected chi connectivity index (χ1v) is 6.07. The quantitative estimate of drug-likeness (QED) is 0.769. The molecular formula is C13H16N4O. The molecule has 0 aromatic carbocycles. The van der Waals surface area contributed by atoms with Crippen molar-refractivity contribution >= 4 is 5.78 Å². The highest BCUT2D eigenvalue weighted by Crippen LogP contribution is 2.14. The van der Waals surface area contributed by atoms with Crippen LogP contribution in [0.3, 0.4) is 0 Å². The van der Waals surface area contributed by atoms with Crippen molar-refractivity contribution in [1.82, 2.24) is 20.0 Å². The molecule has 5 nitrogen and oxygen atoms in total. The number of nitrogens with zero attached hydrogens (tertiary/aromatic N) is 4. The lowest BCUT2D eigenvalue weighted by atomic mass is 10.0. The highest BCUT2D eigenvalue weighted by atomic mass is 16.1. The van der Waals surface area contributed by atoms with Crippen molar-refractivity contribution in [2.45, 2.75) is 33.7 Å². The van der Waals surface area contributed by atoms with Crippen molar-refractivity contribution in [3.05, 3.63) is 41.0 Å². The van der Waals surface area contributed by atoms with Crippen LogP contribution in [0.2, 0.25) is 0 Å². The number of ketones is 1. The van der Waals surface area contributed by atoms with Crippen molar-refractivity contribution in [1.29, 1.82) is 0 Å². The Morgan fingerprint density at radius 1 is 1.33 bits per heavy atom. The molecule has 18 heavy (non-hydrogen) atoms. The Hall–Kier alpha value is -2.04. The van der Waals surface area contributed by atoms with Crippen molar-refractivity contribution in [2.75, 3.05) is 0 Å². The van der Waals surface area contributed by atoms with Gasteiger partial charge >= 0.3 is 0 Å². The average molecular weight is 244 g/mol. The molecule has 0 saturated carbocycles. The van der Waals surface area contributed by atoms with Gasteiger partial charge in [0.05, 0.1) is 11.4 Å². The Morgan fingerprint density at radius 3 is 2.78 bits per heavy atom. The molecule has 0 aliphatic carbocycles. The van der Waals surface area contributed by atoms with Crippen LogP contribution in [-0.2, 0) is 13.0 Å². The molecule has 0 bridgehead atoms. The fourth-order valence-corrected chi connectivity index (χ4v) is 1.89. The van der Waals surface area contributed by atoms with Gasteiger partial charge in [0, 0.05) is 18.3 Å². The fourth-order valence-electron chi connectivity index (χ4n) is 1.89. The van der Waals surface area contributed by atoms with Gasteiger partial charge < -0.3 is 0 Å². The van der Waals surface area contributed by atoms with E-state index in [-0.39, 0.29) is 5.78 Å². The smallest absolute Gasteiger partial charge is 0.212 e. The van der Waals surface area contributed by atoms with Crippen LogP contribution in [0, 0.1) is 6.92 Å². The Morgan fingerprint density at radius 2 is 2.11 bits per heavy atom. The number of carbonyl (C=O) groups excluding carboxylic acids is 1. The lowest BCUT2D eigenvalue weighted by Crippen LogP contribution is -2.14. The molecule has 5 heteroatoms. The molecule has 0 aliphatic heterocycles. The van der Waals surface area contributed by atoms with Crippen LogP contribution in [0.5, 0.6) is 0 Å². The summed E-state index contributed by atoms with van der Waals surface area (Å²) >= 11 is 0. The van der Waals surface area contributed by atoms with Gasteiger partial charge in [-0.3, -0.25) is 9.48 Å². The number of aromatic nitrogens is 4. The van der Waals surface area contributed by atoms with Crippen molar-refractivity contribution < 1.29 is 4.79 Å². The molecule has 0 aliphatic rings. The van der Waals surface area contributed by atoms with Crippen LogP contribution in [-0.4, -0.2) is 25.8 Å². The van der Waals surface area contributed by atoms with Crippen LogP contribution < -0.4 is 0 Å². The van der Waals surface area contributed by atoms with E-state index in [1.807, 2.05) is 20.8 Å². The zero-order chi connectivity index (χ0) is 13.1. The van der Waals surface area contributed by atoms with Gasteiger partial charge in [-0.25, -0.2) is 0 Å².